The Labute approximate surface area is 136 Å². The maximum Gasteiger partial charge on any atom is 0.412 e. The summed E-state index contributed by atoms with van der Waals surface area (Å²) in [7, 11) is 0. The third-order valence-electron chi connectivity index (χ3n) is 2.88. The van der Waals surface area contributed by atoms with E-state index in [2.05, 4.69) is 30.9 Å². The molecule has 2 aromatic rings. The number of pyridine rings is 1. The lowest BCUT2D eigenvalue weighted by atomic mass is 10.1. The summed E-state index contributed by atoms with van der Waals surface area (Å²) in [5.41, 5.74) is 6.66. The molecule has 7 nitrogen and oxygen atoms in total. The molecule has 2 heterocycles. The number of nitrogens with zero attached hydrogens (tertiary/aromatic N) is 4. The average Bonchev–Trinajstić information content (AvgIpc) is 2.40. The summed E-state index contributed by atoms with van der Waals surface area (Å²) < 4.78 is 0.546. The molecule has 1 amide bonds. The Morgan fingerprint density at radius 3 is 2.45 bits per heavy atom. The number of rotatable bonds is 2. The van der Waals surface area contributed by atoms with Gasteiger partial charge < -0.3 is 10.8 Å². The van der Waals surface area contributed by atoms with Gasteiger partial charge in [0.1, 0.15) is 10.3 Å². The first-order chi connectivity index (χ1) is 10.2. The molecule has 3 N–H and O–H groups in total. The molecule has 0 radical (unpaired) electrons. The van der Waals surface area contributed by atoms with Gasteiger partial charge in [0.2, 0.25) is 0 Å². The molecule has 0 saturated carbocycles. The second kappa shape index (κ2) is 5.88. The molecule has 8 heteroatoms. The van der Waals surface area contributed by atoms with Gasteiger partial charge in [-0.25, -0.2) is 14.8 Å². The maximum atomic E-state index is 11.4. The Bertz CT molecular complexity index is 697. The number of nitrogens with two attached hydrogens (primary N) is 1. The molecule has 0 aliphatic heterocycles. The monoisotopic (exact) mass is 365 g/mol. The standard InChI is InChI=1S/C14H16BrN5O2/c1-14(2,3)20(13(21)22)8-4-5-9(17-6-8)11-12(16)18-7-10(15)19-11/h4-7H,1-3H3,(H2,16,18)(H,21,22). The van der Waals surface area contributed by atoms with E-state index in [0.29, 0.717) is 21.7 Å². The molecule has 0 spiro atoms. The number of anilines is 2. The van der Waals surface area contributed by atoms with Gasteiger partial charge in [-0.2, -0.15) is 0 Å². The average molecular weight is 366 g/mol. The zero-order valence-electron chi connectivity index (χ0n) is 12.4. The Morgan fingerprint density at radius 1 is 1.27 bits per heavy atom. The van der Waals surface area contributed by atoms with Gasteiger partial charge in [-0.1, -0.05) is 0 Å². The predicted molar refractivity (Wildman–Crippen MR) is 87.6 cm³/mol. The predicted octanol–water partition coefficient (Wildman–Crippen LogP) is 3.17. The number of nitrogen functional groups attached to an aromatic ring is 1. The van der Waals surface area contributed by atoms with Crippen molar-refractivity contribution in [3.05, 3.63) is 29.1 Å². The van der Waals surface area contributed by atoms with Gasteiger partial charge in [-0.05, 0) is 48.8 Å². The van der Waals surface area contributed by atoms with Crippen molar-refractivity contribution in [3.63, 3.8) is 0 Å². The van der Waals surface area contributed by atoms with Gasteiger partial charge in [0.15, 0.2) is 5.82 Å². The van der Waals surface area contributed by atoms with Crippen LogP contribution in [0.1, 0.15) is 20.8 Å². The number of hydrogen-bond donors (Lipinski definition) is 2. The lowest BCUT2D eigenvalue weighted by Gasteiger charge is -2.32. The topological polar surface area (TPSA) is 105 Å². The highest BCUT2D eigenvalue weighted by atomic mass is 79.9. The van der Waals surface area contributed by atoms with Crippen LogP contribution in [0, 0.1) is 0 Å². The van der Waals surface area contributed by atoms with E-state index in [-0.39, 0.29) is 5.82 Å². The van der Waals surface area contributed by atoms with Crippen LogP contribution in [0.15, 0.2) is 29.1 Å². The van der Waals surface area contributed by atoms with E-state index in [1.807, 2.05) is 20.8 Å². The summed E-state index contributed by atoms with van der Waals surface area (Å²) in [6, 6.07) is 3.34. The highest BCUT2D eigenvalue weighted by Gasteiger charge is 2.28. The summed E-state index contributed by atoms with van der Waals surface area (Å²) in [5, 5.41) is 9.38. The summed E-state index contributed by atoms with van der Waals surface area (Å²) in [6.07, 6.45) is 1.94. The Balaban J connectivity index is 2.42. The molecule has 116 valence electrons. The molecule has 0 saturated heterocycles. The molecule has 0 bridgehead atoms. The zero-order valence-corrected chi connectivity index (χ0v) is 14.0. The Kier molecular flexibility index (Phi) is 4.32. The van der Waals surface area contributed by atoms with Crippen LogP contribution in [0.25, 0.3) is 11.4 Å². The summed E-state index contributed by atoms with van der Waals surface area (Å²) >= 11 is 3.23. The molecule has 2 rings (SSSR count). The van der Waals surface area contributed by atoms with E-state index >= 15 is 0 Å². The fraction of sp³-hybridized carbons (Fsp3) is 0.286. The van der Waals surface area contributed by atoms with Crippen molar-refractivity contribution in [2.45, 2.75) is 26.3 Å². The molecule has 0 fully saturated rings. The van der Waals surface area contributed by atoms with Crippen molar-refractivity contribution in [2.75, 3.05) is 10.6 Å². The third-order valence-corrected chi connectivity index (χ3v) is 3.26. The number of carbonyl (C=O) groups is 1. The van der Waals surface area contributed by atoms with E-state index < -0.39 is 11.6 Å². The highest BCUT2D eigenvalue weighted by molar-refractivity contribution is 9.10. The van der Waals surface area contributed by atoms with Crippen molar-refractivity contribution in [2.24, 2.45) is 0 Å². The SMILES string of the molecule is CC(C)(C)N(C(=O)O)c1ccc(-c2nc(Br)cnc2N)nc1. The molecule has 0 aromatic carbocycles. The largest absolute Gasteiger partial charge is 0.465 e. The Hall–Kier alpha value is -2.22. The van der Waals surface area contributed by atoms with Crippen molar-refractivity contribution in [1.29, 1.82) is 0 Å². The fourth-order valence-corrected chi connectivity index (χ4v) is 2.29. The minimum atomic E-state index is -1.04. The van der Waals surface area contributed by atoms with Crippen molar-refractivity contribution < 1.29 is 9.90 Å². The second-order valence-corrected chi connectivity index (χ2v) is 6.43. The highest BCUT2D eigenvalue weighted by Crippen LogP contribution is 2.27. The van der Waals surface area contributed by atoms with Crippen LogP contribution < -0.4 is 10.6 Å². The molecule has 2 aromatic heterocycles. The molecule has 0 aliphatic carbocycles. The number of carboxylic acid groups (broad SMARTS) is 1. The van der Waals surface area contributed by atoms with Crippen LogP contribution in [-0.2, 0) is 0 Å². The fourth-order valence-electron chi connectivity index (χ4n) is 2.01. The van der Waals surface area contributed by atoms with Crippen LogP contribution in [0.3, 0.4) is 0 Å². The summed E-state index contributed by atoms with van der Waals surface area (Å²) in [6.45, 7) is 5.44. The van der Waals surface area contributed by atoms with Gasteiger partial charge in [-0.15, -0.1) is 0 Å². The van der Waals surface area contributed by atoms with Crippen LogP contribution in [0.4, 0.5) is 16.3 Å². The van der Waals surface area contributed by atoms with Gasteiger partial charge in [-0.3, -0.25) is 9.88 Å². The smallest absolute Gasteiger partial charge is 0.412 e. The van der Waals surface area contributed by atoms with Crippen molar-refractivity contribution >= 4 is 33.5 Å². The van der Waals surface area contributed by atoms with E-state index in [0.717, 1.165) is 0 Å². The third kappa shape index (κ3) is 3.33. The number of amides is 1. The van der Waals surface area contributed by atoms with Gasteiger partial charge in [0, 0.05) is 5.54 Å². The van der Waals surface area contributed by atoms with Crippen LogP contribution in [0.5, 0.6) is 0 Å². The lowest BCUT2D eigenvalue weighted by Crippen LogP contribution is -2.45. The molecular weight excluding hydrogens is 350 g/mol. The maximum absolute atomic E-state index is 11.4. The van der Waals surface area contributed by atoms with Gasteiger partial charge in [0.05, 0.1) is 23.8 Å². The number of hydrogen-bond acceptors (Lipinski definition) is 5. The van der Waals surface area contributed by atoms with E-state index in [4.69, 9.17) is 5.73 Å². The Morgan fingerprint density at radius 2 is 1.95 bits per heavy atom. The first-order valence-electron chi connectivity index (χ1n) is 6.48. The van der Waals surface area contributed by atoms with Gasteiger partial charge in [0.25, 0.3) is 0 Å². The first-order valence-corrected chi connectivity index (χ1v) is 7.27. The summed E-state index contributed by atoms with van der Waals surface area (Å²) in [4.78, 5) is 25.2. The van der Waals surface area contributed by atoms with E-state index in [9.17, 15) is 9.90 Å². The van der Waals surface area contributed by atoms with Crippen LogP contribution in [0.2, 0.25) is 0 Å². The summed E-state index contributed by atoms with van der Waals surface area (Å²) in [5.74, 6) is 0.259. The normalized spacial score (nSPS) is 11.3. The van der Waals surface area contributed by atoms with Gasteiger partial charge >= 0.3 is 6.09 Å². The van der Waals surface area contributed by atoms with E-state index in [1.165, 1.54) is 17.3 Å². The van der Waals surface area contributed by atoms with Crippen LogP contribution >= 0.6 is 15.9 Å². The van der Waals surface area contributed by atoms with Crippen molar-refractivity contribution in [1.82, 2.24) is 15.0 Å². The van der Waals surface area contributed by atoms with Crippen LogP contribution in [-0.4, -0.2) is 31.7 Å². The molecule has 0 aliphatic rings. The number of halogens is 1. The quantitative estimate of drug-likeness (QED) is 0.846. The minimum absolute atomic E-state index is 0.259. The first kappa shape index (κ1) is 16.2. The molecular formula is C14H16BrN5O2. The molecule has 0 atom stereocenters. The number of aromatic nitrogens is 3. The zero-order chi connectivity index (χ0) is 16.5. The minimum Gasteiger partial charge on any atom is -0.465 e. The van der Waals surface area contributed by atoms with E-state index in [1.54, 1.807) is 12.1 Å². The van der Waals surface area contributed by atoms with Crippen molar-refractivity contribution in [3.8, 4) is 11.4 Å². The molecule has 22 heavy (non-hydrogen) atoms. The molecule has 0 unspecified atom stereocenters. The lowest BCUT2D eigenvalue weighted by molar-refractivity contribution is 0.195. The second-order valence-electron chi connectivity index (χ2n) is 5.62.